The lowest BCUT2D eigenvalue weighted by atomic mass is 10.1. The Kier molecular flexibility index (Phi) is 3.80. The van der Waals surface area contributed by atoms with E-state index in [-0.39, 0.29) is 17.7 Å². The number of benzene rings is 1. The number of aromatic nitrogens is 2. The van der Waals surface area contributed by atoms with E-state index in [2.05, 4.69) is 5.10 Å². The quantitative estimate of drug-likeness (QED) is 0.846. The molecule has 0 fully saturated rings. The molecule has 5 nitrogen and oxygen atoms in total. The first kappa shape index (κ1) is 13.7. The van der Waals surface area contributed by atoms with Crippen LogP contribution < -0.4 is 10.5 Å². The van der Waals surface area contributed by atoms with Crippen LogP contribution in [0.3, 0.4) is 0 Å². The first-order chi connectivity index (χ1) is 9.51. The molecule has 0 amide bonds. The van der Waals surface area contributed by atoms with Crippen molar-refractivity contribution < 1.29 is 4.39 Å². The third-order valence-corrected chi connectivity index (χ3v) is 2.87. The van der Waals surface area contributed by atoms with E-state index < -0.39 is 5.82 Å². The SMILES string of the molecule is CN(C)c1cnn(Cc2ccc(C#N)cc2F)c(=O)c1. The number of anilines is 1. The van der Waals surface area contributed by atoms with Crippen LogP contribution in [0.4, 0.5) is 10.1 Å². The van der Waals surface area contributed by atoms with Gasteiger partial charge in [0, 0.05) is 25.7 Å². The van der Waals surface area contributed by atoms with Gasteiger partial charge >= 0.3 is 0 Å². The molecule has 1 aromatic carbocycles. The van der Waals surface area contributed by atoms with Gasteiger partial charge in [-0.15, -0.1) is 0 Å². The zero-order valence-electron chi connectivity index (χ0n) is 11.2. The molecule has 0 bridgehead atoms. The summed E-state index contributed by atoms with van der Waals surface area (Å²) >= 11 is 0. The van der Waals surface area contributed by atoms with Gasteiger partial charge in [-0.2, -0.15) is 10.4 Å². The van der Waals surface area contributed by atoms with Crippen LogP contribution in [0.5, 0.6) is 0 Å². The van der Waals surface area contributed by atoms with Crippen LogP contribution in [0.2, 0.25) is 0 Å². The highest BCUT2D eigenvalue weighted by atomic mass is 19.1. The second kappa shape index (κ2) is 5.53. The number of nitriles is 1. The van der Waals surface area contributed by atoms with Gasteiger partial charge in [0.2, 0.25) is 0 Å². The highest BCUT2D eigenvalue weighted by molar-refractivity contribution is 5.40. The van der Waals surface area contributed by atoms with Crippen molar-refractivity contribution in [1.29, 1.82) is 5.26 Å². The summed E-state index contributed by atoms with van der Waals surface area (Å²) < 4.78 is 14.9. The molecule has 0 aliphatic carbocycles. The van der Waals surface area contributed by atoms with E-state index in [9.17, 15) is 9.18 Å². The minimum Gasteiger partial charge on any atom is -0.376 e. The molecule has 1 heterocycles. The molecule has 0 unspecified atom stereocenters. The maximum atomic E-state index is 13.8. The van der Waals surface area contributed by atoms with E-state index in [1.54, 1.807) is 25.2 Å². The van der Waals surface area contributed by atoms with Crippen LogP contribution in [0.25, 0.3) is 0 Å². The largest absolute Gasteiger partial charge is 0.376 e. The molecule has 0 spiro atoms. The van der Waals surface area contributed by atoms with Crippen molar-refractivity contribution in [3.05, 3.63) is 57.8 Å². The average molecular weight is 272 g/mol. The normalized spacial score (nSPS) is 10.1. The van der Waals surface area contributed by atoms with Gasteiger partial charge in [-0.05, 0) is 12.1 Å². The molecule has 0 N–H and O–H groups in total. The Balaban J connectivity index is 2.31. The molecule has 0 aliphatic heterocycles. The van der Waals surface area contributed by atoms with Crippen LogP contribution in [-0.4, -0.2) is 23.9 Å². The van der Waals surface area contributed by atoms with Crippen molar-refractivity contribution in [3.63, 3.8) is 0 Å². The summed E-state index contributed by atoms with van der Waals surface area (Å²) in [4.78, 5) is 13.6. The van der Waals surface area contributed by atoms with Crippen molar-refractivity contribution in [1.82, 2.24) is 9.78 Å². The third-order valence-electron chi connectivity index (χ3n) is 2.87. The Morgan fingerprint density at radius 1 is 1.40 bits per heavy atom. The van der Waals surface area contributed by atoms with Gasteiger partial charge in [-0.1, -0.05) is 6.07 Å². The summed E-state index contributed by atoms with van der Waals surface area (Å²) in [5.74, 6) is -0.519. The number of hydrogen-bond acceptors (Lipinski definition) is 4. The van der Waals surface area contributed by atoms with E-state index in [1.165, 1.54) is 22.9 Å². The van der Waals surface area contributed by atoms with Gasteiger partial charge in [0.05, 0.1) is 30.1 Å². The highest BCUT2D eigenvalue weighted by Gasteiger charge is 2.07. The predicted octanol–water partition coefficient (Wildman–Crippen LogP) is 1.37. The van der Waals surface area contributed by atoms with Gasteiger partial charge in [0.1, 0.15) is 5.82 Å². The van der Waals surface area contributed by atoms with Crippen molar-refractivity contribution in [3.8, 4) is 6.07 Å². The topological polar surface area (TPSA) is 61.9 Å². The predicted molar refractivity (Wildman–Crippen MR) is 73.0 cm³/mol. The Morgan fingerprint density at radius 2 is 2.15 bits per heavy atom. The first-order valence-corrected chi connectivity index (χ1v) is 5.94. The first-order valence-electron chi connectivity index (χ1n) is 5.94. The standard InChI is InChI=1S/C14H13FN4O/c1-18(2)12-6-14(20)19(17-8-12)9-11-4-3-10(7-16)5-13(11)15/h3-6,8H,9H2,1-2H3. The maximum absolute atomic E-state index is 13.8. The van der Waals surface area contributed by atoms with Crippen molar-refractivity contribution >= 4 is 5.69 Å². The van der Waals surface area contributed by atoms with Crippen LogP contribution in [0, 0.1) is 17.1 Å². The summed E-state index contributed by atoms with van der Waals surface area (Å²) in [6, 6.07) is 7.45. The lowest BCUT2D eigenvalue weighted by Gasteiger charge is -2.12. The molecule has 2 aromatic rings. The van der Waals surface area contributed by atoms with Crippen LogP contribution in [-0.2, 0) is 6.54 Å². The van der Waals surface area contributed by atoms with Crippen LogP contribution in [0.15, 0.2) is 35.3 Å². The summed E-state index contributed by atoms with van der Waals surface area (Å²) in [5.41, 5.74) is 0.942. The molecule has 102 valence electrons. The number of nitrogens with zero attached hydrogens (tertiary/aromatic N) is 4. The molecule has 1 aromatic heterocycles. The van der Waals surface area contributed by atoms with E-state index >= 15 is 0 Å². The van der Waals surface area contributed by atoms with Gasteiger partial charge in [-0.25, -0.2) is 9.07 Å². The number of rotatable bonds is 3. The monoisotopic (exact) mass is 272 g/mol. The number of halogens is 1. The molecular weight excluding hydrogens is 259 g/mol. The molecule has 0 radical (unpaired) electrons. The third kappa shape index (κ3) is 2.83. The number of hydrogen-bond donors (Lipinski definition) is 0. The molecule has 20 heavy (non-hydrogen) atoms. The van der Waals surface area contributed by atoms with Crippen molar-refractivity contribution in [2.75, 3.05) is 19.0 Å². The van der Waals surface area contributed by atoms with E-state index in [0.717, 1.165) is 6.07 Å². The Labute approximate surface area is 115 Å². The smallest absolute Gasteiger partial charge is 0.269 e. The second-order valence-corrected chi connectivity index (χ2v) is 4.52. The summed E-state index contributed by atoms with van der Waals surface area (Å²) in [7, 11) is 3.61. The Morgan fingerprint density at radius 3 is 2.70 bits per heavy atom. The van der Waals surface area contributed by atoms with Gasteiger partial charge in [-0.3, -0.25) is 4.79 Å². The van der Waals surface area contributed by atoms with Crippen LogP contribution >= 0.6 is 0 Å². The molecule has 0 saturated carbocycles. The zero-order valence-corrected chi connectivity index (χ0v) is 11.2. The fourth-order valence-electron chi connectivity index (χ4n) is 1.69. The molecule has 0 saturated heterocycles. The maximum Gasteiger partial charge on any atom is 0.269 e. The lowest BCUT2D eigenvalue weighted by molar-refractivity contribution is 0.572. The molecule has 2 rings (SSSR count). The highest BCUT2D eigenvalue weighted by Crippen LogP contribution is 2.11. The van der Waals surface area contributed by atoms with Gasteiger partial charge < -0.3 is 4.90 Å². The lowest BCUT2D eigenvalue weighted by Crippen LogP contribution is -2.25. The van der Waals surface area contributed by atoms with E-state index in [1.807, 2.05) is 6.07 Å². The Hall–Kier alpha value is -2.68. The van der Waals surface area contributed by atoms with Crippen LogP contribution in [0.1, 0.15) is 11.1 Å². The zero-order chi connectivity index (χ0) is 14.7. The van der Waals surface area contributed by atoms with Crippen molar-refractivity contribution in [2.24, 2.45) is 0 Å². The molecule has 0 aliphatic rings. The van der Waals surface area contributed by atoms with E-state index in [0.29, 0.717) is 11.3 Å². The van der Waals surface area contributed by atoms with Gasteiger partial charge in [0.15, 0.2) is 0 Å². The van der Waals surface area contributed by atoms with E-state index in [4.69, 9.17) is 5.26 Å². The summed E-state index contributed by atoms with van der Waals surface area (Å²) in [6.07, 6.45) is 1.54. The second-order valence-electron chi connectivity index (χ2n) is 4.52. The summed E-state index contributed by atoms with van der Waals surface area (Å²) in [6.45, 7) is 0.0318. The van der Waals surface area contributed by atoms with Crippen molar-refractivity contribution in [2.45, 2.75) is 6.54 Å². The minimum absolute atomic E-state index is 0.0318. The fraction of sp³-hybridized carbons (Fsp3) is 0.214. The van der Waals surface area contributed by atoms with Gasteiger partial charge in [0.25, 0.3) is 5.56 Å². The summed E-state index contributed by atoms with van der Waals surface area (Å²) in [5, 5.41) is 12.7. The minimum atomic E-state index is -0.519. The molecular formula is C14H13FN4O. The average Bonchev–Trinajstić information content (AvgIpc) is 2.42. The molecule has 0 atom stereocenters. The Bertz CT molecular complexity index is 731. The fourth-order valence-corrected chi connectivity index (χ4v) is 1.69. The molecule has 6 heteroatoms.